The van der Waals surface area contributed by atoms with E-state index in [-0.39, 0.29) is 5.41 Å². The lowest BCUT2D eigenvalue weighted by molar-refractivity contribution is 0.112. The van der Waals surface area contributed by atoms with Crippen molar-refractivity contribution in [1.29, 1.82) is 0 Å². The van der Waals surface area contributed by atoms with Crippen molar-refractivity contribution in [2.24, 2.45) is 0 Å². The number of carbonyl (C=O) groups excluding carboxylic acids is 1. The van der Waals surface area contributed by atoms with E-state index in [0.717, 1.165) is 28.4 Å². The van der Waals surface area contributed by atoms with Crippen LogP contribution in [0.3, 0.4) is 0 Å². The van der Waals surface area contributed by atoms with E-state index in [2.05, 4.69) is 11.6 Å². The smallest absolute Gasteiger partial charge is 0.152 e. The van der Waals surface area contributed by atoms with Gasteiger partial charge in [-0.15, -0.1) is 6.58 Å². The van der Waals surface area contributed by atoms with Crippen molar-refractivity contribution >= 4 is 17.2 Å². The lowest BCUT2D eigenvalue weighted by atomic mass is 9.87. The topological polar surface area (TPSA) is 32.9 Å². The summed E-state index contributed by atoms with van der Waals surface area (Å²) in [6, 6.07) is 7.83. The molecule has 0 amide bonds. The number of fused-ring (bicyclic) bond motifs is 1. The van der Waals surface area contributed by atoms with E-state index < -0.39 is 0 Å². The monoisotopic (exact) mass is 213 g/mol. The molecule has 0 atom stereocenters. The second-order valence-corrected chi connectivity index (χ2v) is 4.50. The normalized spacial score (nSPS) is 11.6. The number of hydrogen-bond acceptors (Lipinski definition) is 1. The van der Waals surface area contributed by atoms with E-state index in [0.29, 0.717) is 0 Å². The van der Waals surface area contributed by atoms with Crippen molar-refractivity contribution < 1.29 is 4.79 Å². The highest BCUT2D eigenvalue weighted by Crippen LogP contribution is 2.31. The van der Waals surface area contributed by atoms with E-state index >= 15 is 0 Å². The molecule has 0 unspecified atom stereocenters. The van der Waals surface area contributed by atoms with Crippen LogP contribution < -0.4 is 0 Å². The lowest BCUT2D eigenvalue weighted by Gasteiger charge is -2.19. The summed E-state index contributed by atoms with van der Waals surface area (Å²) in [5.41, 5.74) is 2.43. The number of aromatic nitrogens is 1. The van der Waals surface area contributed by atoms with Crippen LogP contribution >= 0.6 is 0 Å². The Bertz CT molecular complexity index is 549. The molecule has 0 radical (unpaired) electrons. The molecule has 1 heterocycles. The molecule has 0 saturated heterocycles. The highest BCUT2D eigenvalue weighted by atomic mass is 16.1. The summed E-state index contributed by atoms with van der Waals surface area (Å²) in [6.45, 7) is 7.90. The Hall–Kier alpha value is -1.83. The summed E-state index contributed by atoms with van der Waals surface area (Å²) in [5, 5.41) is 0.974. The highest BCUT2D eigenvalue weighted by Gasteiger charge is 2.23. The molecule has 2 aromatic rings. The first kappa shape index (κ1) is 10.7. The van der Waals surface area contributed by atoms with Gasteiger partial charge in [-0.2, -0.15) is 0 Å². The number of H-pyrrole nitrogens is 1. The van der Waals surface area contributed by atoms with Crippen LogP contribution in [0.2, 0.25) is 0 Å². The van der Waals surface area contributed by atoms with Gasteiger partial charge in [0.15, 0.2) is 6.29 Å². The number of benzene rings is 1. The second kappa shape index (κ2) is 3.63. The maximum absolute atomic E-state index is 11.2. The Balaban J connectivity index is 2.80. The first-order valence-corrected chi connectivity index (χ1v) is 5.30. The third-order valence-electron chi connectivity index (χ3n) is 3.02. The molecule has 1 aromatic carbocycles. The van der Waals surface area contributed by atoms with Crippen LogP contribution in [0.4, 0.5) is 0 Å². The third kappa shape index (κ3) is 1.47. The summed E-state index contributed by atoms with van der Waals surface area (Å²) in [6.07, 6.45) is 2.77. The van der Waals surface area contributed by atoms with E-state index in [1.807, 2.05) is 44.2 Å². The number of allylic oxidation sites excluding steroid dienone is 1. The van der Waals surface area contributed by atoms with Crippen LogP contribution in [0, 0.1) is 0 Å². The molecule has 0 spiro atoms. The average molecular weight is 213 g/mol. The molecule has 1 aromatic heterocycles. The van der Waals surface area contributed by atoms with Crippen LogP contribution in [0.15, 0.2) is 36.9 Å². The molecule has 82 valence electrons. The van der Waals surface area contributed by atoms with Gasteiger partial charge in [0.2, 0.25) is 0 Å². The summed E-state index contributed by atoms with van der Waals surface area (Å²) in [4.78, 5) is 14.5. The van der Waals surface area contributed by atoms with Crippen LogP contribution in [0.25, 0.3) is 10.9 Å². The van der Waals surface area contributed by atoms with E-state index in [1.54, 1.807) is 0 Å². The van der Waals surface area contributed by atoms with Crippen molar-refractivity contribution in [3.8, 4) is 0 Å². The quantitative estimate of drug-likeness (QED) is 0.614. The minimum Gasteiger partial charge on any atom is -0.357 e. The largest absolute Gasteiger partial charge is 0.357 e. The van der Waals surface area contributed by atoms with Crippen molar-refractivity contribution in [1.82, 2.24) is 4.98 Å². The number of aldehydes is 1. The number of hydrogen-bond donors (Lipinski definition) is 1. The molecule has 1 N–H and O–H groups in total. The zero-order valence-electron chi connectivity index (χ0n) is 9.58. The Morgan fingerprint density at radius 1 is 1.31 bits per heavy atom. The zero-order valence-corrected chi connectivity index (χ0v) is 9.58. The summed E-state index contributed by atoms with van der Waals surface area (Å²) >= 11 is 0. The number of nitrogens with one attached hydrogen (secondary N) is 1. The molecule has 2 rings (SSSR count). The van der Waals surface area contributed by atoms with Crippen molar-refractivity contribution in [2.45, 2.75) is 19.3 Å². The number of aromatic amines is 1. The molecule has 0 bridgehead atoms. The summed E-state index contributed by atoms with van der Waals surface area (Å²) < 4.78 is 0. The Morgan fingerprint density at radius 3 is 2.62 bits per heavy atom. The van der Waals surface area contributed by atoms with Gasteiger partial charge in [0.25, 0.3) is 0 Å². The Kier molecular flexibility index (Phi) is 2.43. The average Bonchev–Trinajstić information content (AvgIpc) is 2.68. The van der Waals surface area contributed by atoms with E-state index in [4.69, 9.17) is 0 Å². The maximum Gasteiger partial charge on any atom is 0.152 e. The van der Waals surface area contributed by atoms with Gasteiger partial charge >= 0.3 is 0 Å². The fourth-order valence-electron chi connectivity index (χ4n) is 1.90. The number of carbonyl (C=O) groups is 1. The first-order valence-electron chi connectivity index (χ1n) is 5.30. The van der Waals surface area contributed by atoms with Crippen molar-refractivity contribution in [3.63, 3.8) is 0 Å². The number of para-hydroxylation sites is 1. The Labute approximate surface area is 95.0 Å². The summed E-state index contributed by atoms with van der Waals surface area (Å²) in [5.74, 6) is 0. The Morgan fingerprint density at radius 2 is 2.00 bits per heavy atom. The highest BCUT2D eigenvalue weighted by molar-refractivity contribution is 5.99. The minimum atomic E-state index is -0.227. The molecular weight excluding hydrogens is 198 g/mol. The van der Waals surface area contributed by atoms with Crippen molar-refractivity contribution in [3.05, 3.63) is 48.2 Å². The van der Waals surface area contributed by atoms with Gasteiger partial charge in [-0.3, -0.25) is 4.79 Å². The van der Waals surface area contributed by atoms with E-state index in [9.17, 15) is 4.79 Å². The molecule has 2 nitrogen and oxygen atoms in total. The van der Waals surface area contributed by atoms with Crippen LogP contribution in [-0.4, -0.2) is 11.3 Å². The van der Waals surface area contributed by atoms with Gasteiger partial charge in [-0.1, -0.05) is 38.1 Å². The van der Waals surface area contributed by atoms with Crippen molar-refractivity contribution in [2.75, 3.05) is 0 Å². The lowest BCUT2D eigenvalue weighted by Crippen LogP contribution is -2.15. The van der Waals surface area contributed by atoms with Crippen LogP contribution in [0.1, 0.15) is 29.9 Å². The van der Waals surface area contributed by atoms with Gasteiger partial charge in [-0.25, -0.2) is 0 Å². The van der Waals surface area contributed by atoms with E-state index in [1.165, 1.54) is 0 Å². The standard InChI is InChI=1S/C14H15NO/c1-4-14(2,3)13-11(9-16)10-7-5-6-8-12(10)15-13/h4-9,15H,1H2,2-3H3. The van der Waals surface area contributed by atoms with Gasteiger partial charge in [0.05, 0.1) is 0 Å². The minimum absolute atomic E-state index is 0.227. The van der Waals surface area contributed by atoms with Gasteiger partial charge < -0.3 is 4.98 Å². The molecule has 2 heteroatoms. The zero-order chi connectivity index (χ0) is 11.8. The van der Waals surface area contributed by atoms with Crippen LogP contribution in [-0.2, 0) is 5.41 Å². The molecule has 16 heavy (non-hydrogen) atoms. The molecule has 0 saturated carbocycles. The SMILES string of the molecule is C=CC(C)(C)c1[nH]c2ccccc2c1C=O. The fraction of sp³-hybridized carbons (Fsp3) is 0.214. The third-order valence-corrected chi connectivity index (χ3v) is 3.02. The molecule has 0 fully saturated rings. The molecule has 0 aliphatic rings. The maximum atomic E-state index is 11.2. The molecule has 0 aliphatic heterocycles. The summed E-state index contributed by atoms with van der Waals surface area (Å²) in [7, 11) is 0. The van der Waals surface area contributed by atoms with Crippen LogP contribution in [0.5, 0.6) is 0 Å². The fourth-order valence-corrected chi connectivity index (χ4v) is 1.90. The van der Waals surface area contributed by atoms with Gasteiger partial charge in [-0.05, 0) is 6.07 Å². The predicted molar refractivity (Wildman–Crippen MR) is 66.9 cm³/mol. The first-order chi connectivity index (χ1) is 7.60. The second-order valence-electron chi connectivity index (χ2n) is 4.50. The van der Waals surface area contributed by atoms with Gasteiger partial charge in [0, 0.05) is 27.6 Å². The molecular formula is C14H15NO. The van der Waals surface area contributed by atoms with Gasteiger partial charge in [0.1, 0.15) is 0 Å². The molecule has 0 aliphatic carbocycles. The number of rotatable bonds is 3. The predicted octanol–water partition coefficient (Wildman–Crippen LogP) is 3.44.